The Bertz CT molecular complexity index is 1330. The molecule has 10 heteroatoms. The largest absolute Gasteiger partial charge is 0.443 e. The first-order chi connectivity index (χ1) is 22.4. The number of carbonyl (C=O) groups excluding carboxylic acids is 2. The predicted molar refractivity (Wildman–Crippen MR) is 189 cm³/mol. The Kier molecular flexibility index (Phi) is 15.2. The van der Waals surface area contributed by atoms with Crippen LogP contribution in [0, 0.1) is 11.6 Å². The fourth-order valence-electron chi connectivity index (χ4n) is 6.69. The van der Waals surface area contributed by atoms with E-state index in [1.54, 1.807) is 80.0 Å². The third-order valence-corrected chi connectivity index (χ3v) is 8.97. The first-order valence-corrected chi connectivity index (χ1v) is 17.0. The van der Waals surface area contributed by atoms with Crippen molar-refractivity contribution in [2.24, 2.45) is 5.73 Å². The Morgan fingerprint density at radius 3 is 1.55 bits per heavy atom. The molecule has 0 bridgehead atoms. The minimum atomic E-state index is -0.766. The standard InChI is InChI=1S/C24H36FNO5.C14H20FNO.CH4/c1-22(2,3)30-20(27)26(21(28)31-23(4,5)6)18-12-10-14-24(16-18,29-7)15-17-11-8-9-13-19(17)25;1-17-14(8-4-6-12(16)10-14)9-11-5-2-3-7-13(11)15;/h8-9,11,13,18H,10,12,14-16H2,1-7H3;2-3,5,7,12H,4,6,8-10,16H2,1H3;1H4. The highest BCUT2D eigenvalue weighted by molar-refractivity contribution is 5.88. The molecule has 2 aliphatic carbocycles. The number of hydrogen-bond donors (Lipinski definition) is 1. The molecule has 4 atom stereocenters. The number of rotatable bonds is 7. The second kappa shape index (κ2) is 17.7. The number of hydrogen-bond acceptors (Lipinski definition) is 7. The molecular weight excluding hydrogens is 630 g/mol. The maximum absolute atomic E-state index is 14.3. The van der Waals surface area contributed by atoms with Gasteiger partial charge in [-0.3, -0.25) is 0 Å². The molecule has 2 N–H and O–H groups in total. The minimum absolute atomic E-state index is 0. The lowest BCUT2D eigenvalue weighted by Crippen LogP contribution is -2.54. The van der Waals surface area contributed by atoms with Crippen LogP contribution in [-0.2, 0) is 31.8 Å². The number of nitrogens with two attached hydrogens (primary N) is 1. The van der Waals surface area contributed by atoms with Crippen molar-refractivity contribution < 1.29 is 37.3 Å². The number of methoxy groups -OCH3 is 2. The summed E-state index contributed by atoms with van der Waals surface area (Å²) in [6.07, 6.45) is 5.74. The van der Waals surface area contributed by atoms with Crippen molar-refractivity contribution in [1.29, 1.82) is 0 Å². The Balaban J connectivity index is 0.000000390. The highest BCUT2D eigenvalue weighted by Gasteiger charge is 2.45. The molecule has 2 aromatic carbocycles. The molecule has 0 aliphatic heterocycles. The van der Waals surface area contributed by atoms with E-state index in [4.69, 9.17) is 24.7 Å². The fourth-order valence-corrected chi connectivity index (χ4v) is 6.69. The summed E-state index contributed by atoms with van der Waals surface area (Å²) in [4.78, 5) is 27.1. The molecule has 4 unspecified atom stereocenters. The molecule has 0 aromatic heterocycles. The smallest absolute Gasteiger partial charge is 0.420 e. The summed E-state index contributed by atoms with van der Waals surface area (Å²) in [5.74, 6) is -0.444. The van der Waals surface area contributed by atoms with Crippen LogP contribution in [0.25, 0.3) is 0 Å². The Morgan fingerprint density at radius 1 is 0.755 bits per heavy atom. The second-order valence-corrected chi connectivity index (χ2v) is 15.2. The van der Waals surface area contributed by atoms with Crippen LogP contribution in [-0.4, -0.2) is 65.8 Å². The van der Waals surface area contributed by atoms with Crippen molar-refractivity contribution in [2.75, 3.05) is 14.2 Å². The van der Waals surface area contributed by atoms with Gasteiger partial charge in [-0.25, -0.2) is 23.3 Å². The van der Waals surface area contributed by atoms with Crippen molar-refractivity contribution in [1.82, 2.24) is 4.90 Å². The summed E-state index contributed by atoms with van der Waals surface area (Å²) in [5, 5.41) is 0. The monoisotopic (exact) mass is 690 g/mol. The lowest BCUT2D eigenvalue weighted by atomic mass is 9.77. The van der Waals surface area contributed by atoms with Gasteiger partial charge in [-0.15, -0.1) is 0 Å². The zero-order chi connectivity index (χ0) is 35.8. The summed E-state index contributed by atoms with van der Waals surface area (Å²) in [7, 11) is 3.30. The van der Waals surface area contributed by atoms with Gasteiger partial charge in [0.25, 0.3) is 0 Å². The highest BCUT2D eigenvalue weighted by atomic mass is 19.1. The van der Waals surface area contributed by atoms with Crippen LogP contribution in [0.3, 0.4) is 0 Å². The summed E-state index contributed by atoms with van der Waals surface area (Å²) < 4.78 is 50.6. The molecule has 0 spiro atoms. The summed E-state index contributed by atoms with van der Waals surface area (Å²) in [5.41, 5.74) is 4.76. The Hall–Kier alpha value is -3.08. The first kappa shape index (κ1) is 42.1. The van der Waals surface area contributed by atoms with Crippen molar-refractivity contribution >= 4 is 12.2 Å². The third-order valence-electron chi connectivity index (χ3n) is 8.97. The van der Waals surface area contributed by atoms with Crippen LogP contribution in [0.4, 0.5) is 18.4 Å². The third kappa shape index (κ3) is 12.6. The zero-order valence-electron chi connectivity index (χ0n) is 30.1. The van der Waals surface area contributed by atoms with Crippen LogP contribution in [0.15, 0.2) is 48.5 Å². The van der Waals surface area contributed by atoms with Gasteiger partial charge in [0.2, 0.25) is 0 Å². The van der Waals surface area contributed by atoms with Gasteiger partial charge in [0.1, 0.15) is 22.8 Å². The molecule has 0 radical (unpaired) electrons. The van der Waals surface area contributed by atoms with E-state index in [0.29, 0.717) is 37.7 Å². The average Bonchev–Trinajstić information content (AvgIpc) is 2.98. The molecule has 49 heavy (non-hydrogen) atoms. The van der Waals surface area contributed by atoms with Crippen molar-refractivity contribution in [3.8, 4) is 0 Å². The van der Waals surface area contributed by atoms with E-state index in [2.05, 4.69) is 0 Å². The van der Waals surface area contributed by atoms with Crippen LogP contribution in [0.5, 0.6) is 0 Å². The van der Waals surface area contributed by atoms with E-state index in [9.17, 15) is 18.4 Å². The number of carbonyl (C=O) groups is 2. The van der Waals surface area contributed by atoms with Crippen LogP contribution < -0.4 is 5.73 Å². The maximum atomic E-state index is 14.3. The van der Waals surface area contributed by atoms with Crippen molar-refractivity contribution in [3.05, 3.63) is 71.3 Å². The van der Waals surface area contributed by atoms with Crippen molar-refractivity contribution in [2.45, 2.75) is 148 Å². The van der Waals surface area contributed by atoms with Gasteiger partial charge in [-0.05, 0) is 116 Å². The summed E-state index contributed by atoms with van der Waals surface area (Å²) in [6.45, 7) is 10.5. The van der Waals surface area contributed by atoms with Gasteiger partial charge in [-0.2, -0.15) is 0 Å². The van der Waals surface area contributed by atoms with Gasteiger partial charge < -0.3 is 24.7 Å². The van der Waals surface area contributed by atoms with E-state index < -0.39 is 35.0 Å². The lowest BCUT2D eigenvalue weighted by molar-refractivity contribution is -0.0680. The number of benzene rings is 2. The predicted octanol–water partition coefficient (Wildman–Crippen LogP) is 9.16. The molecule has 0 heterocycles. The van der Waals surface area contributed by atoms with Gasteiger partial charge >= 0.3 is 12.2 Å². The SMILES string of the molecule is C.COC1(Cc2ccccc2F)CCCC(N(C(=O)OC(C)(C)C)C(=O)OC(C)(C)C)C1.COC1(Cc2ccccc2F)CCCC(N)C1. The Morgan fingerprint density at radius 2 is 1.16 bits per heavy atom. The molecule has 276 valence electrons. The average molecular weight is 691 g/mol. The quantitative estimate of drug-likeness (QED) is 0.309. The fraction of sp³-hybridized carbons (Fsp3) is 0.641. The number of ether oxygens (including phenoxy) is 4. The summed E-state index contributed by atoms with van der Waals surface area (Å²) >= 11 is 0. The van der Waals surface area contributed by atoms with Crippen LogP contribution in [0.1, 0.15) is 111 Å². The topological polar surface area (TPSA) is 100 Å². The van der Waals surface area contributed by atoms with Gasteiger partial charge in [0.15, 0.2) is 0 Å². The molecule has 2 saturated carbocycles. The second-order valence-electron chi connectivity index (χ2n) is 15.2. The molecule has 4 rings (SSSR count). The molecule has 2 amide bonds. The molecule has 2 aromatic rings. The van der Waals surface area contributed by atoms with Crippen LogP contribution >= 0.6 is 0 Å². The molecule has 0 saturated heterocycles. The van der Waals surface area contributed by atoms with Crippen LogP contribution in [0.2, 0.25) is 0 Å². The van der Waals surface area contributed by atoms with Crippen molar-refractivity contribution in [3.63, 3.8) is 0 Å². The molecule has 8 nitrogen and oxygen atoms in total. The zero-order valence-corrected chi connectivity index (χ0v) is 30.1. The van der Waals surface area contributed by atoms with E-state index >= 15 is 0 Å². The highest BCUT2D eigenvalue weighted by Crippen LogP contribution is 2.38. The van der Waals surface area contributed by atoms with E-state index in [1.807, 2.05) is 12.1 Å². The molecule has 2 aliphatic rings. The molecular formula is C39H60F2N2O6. The van der Waals surface area contributed by atoms with Gasteiger partial charge in [0, 0.05) is 39.1 Å². The maximum Gasteiger partial charge on any atom is 0.420 e. The van der Waals surface area contributed by atoms with E-state index in [-0.39, 0.29) is 30.7 Å². The lowest BCUT2D eigenvalue weighted by Gasteiger charge is -2.43. The minimum Gasteiger partial charge on any atom is -0.443 e. The summed E-state index contributed by atoms with van der Waals surface area (Å²) in [6, 6.07) is 13.2. The normalized spacial score (nSPS) is 24.1. The van der Waals surface area contributed by atoms with E-state index in [0.717, 1.165) is 42.6 Å². The first-order valence-electron chi connectivity index (χ1n) is 17.0. The number of amides is 2. The molecule has 2 fully saturated rings. The Labute approximate surface area is 293 Å². The number of halogens is 2. The number of nitrogens with zero attached hydrogens (tertiary/aromatic N) is 1. The van der Waals surface area contributed by atoms with Gasteiger partial charge in [-0.1, -0.05) is 43.8 Å². The van der Waals surface area contributed by atoms with Gasteiger partial charge in [0.05, 0.1) is 11.2 Å². The number of imide groups is 1. The van der Waals surface area contributed by atoms with E-state index in [1.165, 1.54) is 12.1 Å².